The summed E-state index contributed by atoms with van der Waals surface area (Å²) in [5, 5.41) is 0.0389. The molecule has 0 saturated heterocycles. The van der Waals surface area contributed by atoms with E-state index in [2.05, 4.69) is 4.72 Å². The number of hydrogen-bond acceptors (Lipinski definition) is 3. The van der Waals surface area contributed by atoms with E-state index in [0.717, 1.165) is 5.56 Å². The molecule has 1 aromatic carbocycles. The second-order valence-corrected chi connectivity index (χ2v) is 7.73. The molecule has 4 nitrogen and oxygen atoms in total. The van der Waals surface area contributed by atoms with E-state index in [0.29, 0.717) is 11.4 Å². The molecule has 6 heteroatoms. The molecule has 1 fully saturated rings. The van der Waals surface area contributed by atoms with Gasteiger partial charge in [0.15, 0.2) is 0 Å². The van der Waals surface area contributed by atoms with Crippen LogP contribution in [0, 0.1) is 5.92 Å². The van der Waals surface area contributed by atoms with Crippen molar-refractivity contribution in [2.45, 2.75) is 31.4 Å². The van der Waals surface area contributed by atoms with Gasteiger partial charge in [0.1, 0.15) is 0 Å². The lowest BCUT2D eigenvalue weighted by Gasteiger charge is -2.09. The Balaban J connectivity index is 2.00. The van der Waals surface area contributed by atoms with Crippen molar-refractivity contribution in [2.24, 2.45) is 5.92 Å². The van der Waals surface area contributed by atoms with Crippen LogP contribution in [0.5, 0.6) is 0 Å². The third kappa shape index (κ3) is 3.28. The molecular formula is C13H16ClNO3S. The Morgan fingerprint density at radius 1 is 1.32 bits per heavy atom. The molecule has 1 aliphatic carbocycles. The number of hydrogen-bond donors (Lipinski definition) is 1. The minimum Gasteiger partial charge on any atom is -0.274 e. The fourth-order valence-corrected chi connectivity index (χ4v) is 2.69. The highest BCUT2D eigenvalue weighted by Gasteiger charge is 2.45. The highest BCUT2D eigenvalue weighted by molar-refractivity contribution is 7.90. The van der Waals surface area contributed by atoms with Crippen LogP contribution in [0.1, 0.15) is 31.7 Å². The molecule has 0 unspecified atom stereocenters. The van der Waals surface area contributed by atoms with Crippen LogP contribution in [0.15, 0.2) is 24.3 Å². The zero-order valence-electron chi connectivity index (χ0n) is 10.8. The van der Waals surface area contributed by atoms with E-state index in [1.807, 2.05) is 12.1 Å². The SMILES string of the molecule is CC(C)S(=O)(=O)NC(=O)[C@H]1C[C@@H]1c1ccc(Cl)cc1. The van der Waals surface area contributed by atoms with Crippen LogP contribution in [0.4, 0.5) is 0 Å². The number of benzene rings is 1. The maximum atomic E-state index is 11.9. The van der Waals surface area contributed by atoms with Gasteiger partial charge in [0.2, 0.25) is 15.9 Å². The summed E-state index contributed by atoms with van der Waals surface area (Å²) in [7, 11) is -3.54. The highest BCUT2D eigenvalue weighted by Crippen LogP contribution is 2.47. The van der Waals surface area contributed by atoms with Gasteiger partial charge in [-0.2, -0.15) is 0 Å². The van der Waals surface area contributed by atoms with E-state index in [9.17, 15) is 13.2 Å². The standard InChI is InChI=1S/C13H16ClNO3S/c1-8(2)19(17,18)15-13(16)12-7-11(12)9-3-5-10(14)6-4-9/h3-6,8,11-12H,7H2,1-2H3,(H,15,16)/t11-,12+/m1/s1. The first-order valence-corrected chi connectivity index (χ1v) is 8.04. The Kier molecular flexibility index (Phi) is 3.87. The predicted molar refractivity (Wildman–Crippen MR) is 74.5 cm³/mol. The summed E-state index contributed by atoms with van der Waals surface area (Å²) in [6, 6.07) is 7.29. The molecule has 1 aromatic rings. The van der Waals surface area contributed by atoms with Crippen molar-refractivity contribution in [1.82, 2.24) is 4.72 Å². The van der Waals surface area contributed by atoms with Crippen molar-refractivity contribution in [1.29, 1.82) is 0 Å². The van der Waals surface area contributed by atoms with Crippen LogP contribution in [-0.4, -0.2) is 19.6 Å². The zero-order chi connectivity index (χ0) is 14.2. The highest BCUT2D eigenvalue weighted by atomic mass is 35.5. The van der Waals surface area contributed by atoms with Crippen molar-refractivity contribution >= 4 is 27.5 Å². The zero-order valence-corrected chi connectivity index (χ0v) is 12.3. The van der Waals surface area contributed by atoms with Gasteiger partial charge in [-0.05, 0) is 43.9 Å². The number of halogens is 1. The third-order valence-electron chi connectivity index (χ3n) is 3.29. The summed E-state index contributed by atoms with van der Waals surface area (Å²) in [5.74, 6) is -0.567. The van der Waals surface area contributed by atoms with Gasteiger partial charge in [-0.3, -0.25) is 9.52 Å². The van der Waals surface area contributed by atoms with Crippen LogP contribution in [0.3, 0.4) is 0 Å². The second kappa shape index (κ2) is 5.13. The molecule has 2 atom stereocenters. The van der Waals surface area contributed by atoms with E-state index < -0.39 is 21.2 Å². The Labute approximate surface area is 118 Å². The third-order valence-corrected chi connectivity index (χ3v) is 5.27. The largest absolute Gasteiger partial charge is 0.274 e. The topological polar surface area (TPSA) is 63.2 Å². The Bertz CT molecular complexity index is 580. The first kappa shape index (κ1) is 14.3. The van der Waals surface area contributed by atoms with E-state index >= 15 is 0 Å². The molecule has 0 bridgehead atoms. The molecule has 104 valence electrons. The average molecular weight is 302 g/mol. The second-order valence-electron chi connectivity index (χ2n) is 5.06. The van der Waals surface area contributed by atoms with Crippen molar-refractivity contribution in [3.8, 4) is 0 Å². The van der Waals surface area contributed by atoms with Crippen molar-refractivity contribution < 1.29 is 13.2 Å². The molecule has 19 heavy (non-hydrogen) atoms. The molecule has 0 aliphatic heterocycles. The van der Waals surface area contributed by atoms with Crippen LogP contribution < -0.4 is 4.72 Å². The Hall–Kier alpha value is -1.07. The quantitative estimate of drug-likeness (QED) is 0.928. The minimum atomic E-state index is -3.54. The molecule has 0 spiro atoms. The predicted octanol–water partition coefficient (Wildman–Crippen LogP) is 2.30. The monoisotopic (exact) mass is 301 g/mol. The van der Waals surface area contributed by atoms with Gasteiger partial charge in [-0.15, -0.1) is 0 Å². The average Bonchev–Trinajstić information content (AvgIpc) is 3.09. The minimum absolute atomic E-state index is 0.0969. The smallest absolute Gasteiger partial charge is 0.237 e. The maximum Gasteiger partial charge on any atom is 0.237 e. The van der Waals surface area contributed by atoms with E-state index in [4.69, 9.17) is 11.6 Å². The number of carbonyl (C=O) groups excluding carboxylic acids is 1. The van der Waals surface area contributed by atoms with Crippen molar-refractivity contribution in [3.05, 3.63) is 34.9 Å². The summed E-state index contributed by atoms with van der Waals surface area (Å²) in [4.78, 5) is 11.9. The molecule has 0 heterocycles. The first-order valence-electron chi connectivity index (χ1n) is 6.12. The van der Waals surface area contributed by atoms with Gasteiger partial charge < -0.3 is 0 Å². The maximum absolute atomic E-state index is 11.9. The first-order chi connectivity index (χ1) is 8.81. The molecule has 1 amide bonds. The Morgan fingerprint density at radius 2 is 1.89 bits per heavy atom. The lowest BCUT2D eigenvalue weighted by atomic mass is 10.1. The molecule has 2 rings (SSSR count). The van der Waals surface area contributed by atoms with Gasteiger partial charge in [-0.1, -0.05) is 23.7 Å². The van der Waals surface area contributed by atoms with Gasteiger partial charge in [-0.25, -0.2) is 8.42 Å². The lowest BCUT2D eigenvalue weighted by molar-refractivity contribution is -0.120. The Morgan fingerprint density at radius 3 is 2.42 bits per heavy atom. The fraction of sp³-hybridized carbons (Fsp3) is 0.462. The van der Waals surface area contributed by atoms with Gasteiger partial charge >= 0.3 is 0 Å². The molecule has 1 saturated carbocycles. The normalized spacial score (nSPS) is 22.3. The fourth-order valence-electron chi connectivity index (χ4n) is 1.90. The number of carbonyl (C=O) groups is 1. The van der Waals surface area contributed by atoms with Crippen LogP contribution in [0.25, 0.3) is 0 Å². The van der Waals surface area contributed by atoms with Crippen molar-refractivity contribution in [3.63, 3.8) is 0 Å². The number of rotatable bonds is 4. The number of sulfonamides is 1. The van der Waals surface area contributed by atoms with Gasteiger partial charge in [0.25, 0.3) is 0 Å². The van der Waals surface area contributed by atoms with E-state index in [1.165, 1.54) is 0 Å². The van der Waals surface area contributed by atoms with Gasteiger partial charge in [0, 0.05) is 10.9 Å². The summed E-state index contributed by atoms with van der Waals surface area (Å²) in [6.07, 6.45) is 0.682. The molecule has 1 aliphatic rings. The molecular weight excluding hydrogens is 286 g/mol. The van der Waals surface area contributed by atoms with Gasteiger partial charge in [0.05, 0.1) is 5.25 Å². The van der Waals surface area contributed by atoms with Crippen LogP contribution in [-0.2, 0) is 14.8 Å². The summed E-state index contributed by atoms with van der Waals surface area (Å²) >= 11 is 5.80. The van der Waals surface area contributed by atoms with E-state index in [-0.39, 0.29) is 11.8 Å². The molecule has 0 aromatic heterocycles. The number of amides is 1. The van der Waals surface area contributed by atoms with Crippen LogP contribution >= 0.6 is 11.6 Å². The summed E-state index contributed by atoms with van der Waals surface area (Å²) in [6.45, 7) is 3.08. The summed E-state index contributed by atoms with van der Waals surface area (Å²) < 4.78 is 25.4. The van der Waals surface area contributed by atoms with Crippen molar-refractivity contribution in [2.75, 3.05) is 0 Å². The van der Waals surface area contributed by atoms with Crippen LogP contribution in [0.2, 0.25) is 5.02 Å². The van der Waals surface area contributed by atoms with E-state index in [1.54, 1.807) is 26.0 Å². The lowest BCUT2D eigenvalue weighted by Crippen LogP contribution is -2.36. The molecule has 1 N–H and O–H groups in total. The summed E-state index contributed by atoms with van der Waals surface area (Å²) in [5.41, 5.74) is 1.02. The number of nitrogens with one attached hydrogen (secondary N) is 1. The molecule has 0 radical (unpaired) electrons.